The van der Waals surface area contributed by atoms with Gasteiger partial charge < -0.3 is 40.2 Å². The summed E-state index contributed by atoms with van der Waals surface area (Å²) in [7, 11) is 1.93. The van der Waals surface area contributed by atoms with Crippen molar-refractivity contribution in [3.8, 4) is 11.5 Å². The van der Waals surface area contributed by atoms with Crippen LogP contribution in [0, 0.1) is 6.92 Å². The maximum absolute atomic E-state index is 13.4. The van der Waals surface area contributed by atoms with E-state index in [1.807, 2.05) is 20.9 Å². The number of phenols is 1. The van der Waals surface area contributed by atoms with Gasteiger partial charge in [0.2, 0.25) is 11.8 Å². The number of likely N-dealkylation sites (tertiary alicyclic amines) is 1. The summed E-state index contributed by atoms with van der Waals surface area (Å²) < 4.78 is 18.6. The van der Waals surface area contributed by atoms with E-state index in [4.69, 9.17) is 14.2 Å². The van der Waals surface area contributed by atoms with Gasteiger partial charge in [-0.05, 0) is 65.4 Å². The van der Waals surface area contributed by atoms with E-state index in [2.05, 4.69) is 15.5 Å². The Morgan fingerprint density at radius 3 is 2.28 bits per heavy atom. The zero-order chi connectivity index (χ0) is 31.7. The van der Waals surface area contributed by atoms with Gasteiger partial charge in [-0.15, -0.1) is 0 Å². The molecule has 6 atom stereocenters. The van der Waals surface area contributed by atoms with Gasteiger partial charge in [0, 0.05) is 31.1 Å². The molecule has 5 N–H and O–H groups in total. The molecule has 0 unspecified atom stereocenters. The number of likely N-dealkylation sites (N-methyl/N-ethyl adjacent to an activating group) is 1. The second-order valence-corrected chi connectivity index (χ2v) is 11.6. The van der Waals surface area contributed by atoms with Crippen LogP contribution in [0.1, 0.15) is 57.6 Å². The SMILES string of the molecule is Cc1ccc(O)c2c1[C@]13CCN(C)[C@H](C)[C@]1(OC(=O)CCNC(=O)[C@H](C)O)CC=C(OC(=O)CCNC(=O)[C@H](C)O)[C@@H]3O2. The van der Waals surface area contributed by atoms with E-state index < -0.39 is 53.1 Å². The third-order valence-corrected chi connectivity index (χ3v) is 8.83. The number of hydrogen-bond donors (Lipinski definition) is 5. The Hall–Kier alpha value is -3.68. The molecular formula is C30H41N3O10. The Bertz CT molecular complexity index is 1310. The average Bonchev–Trinajstić information content (AvgIpc) is 3.32. The second kappa shape index (κ2) is 12.5. The third kappa shape index (κ3) is 5.80. The fraction of sp³-hybridized carbons (Fsp3) is 0.600. The van der Waals surface area contributed by atoms with Gasteiger partial charge in [-0.2, -0.15) is 0 Å². The first-order chi connectivity index (χ1) is 20.2. The number of amides is 2. The number of carbonyl (C=O) groups excluding carboxylic acids is 4. The molecule has 3 aliphatic rings. The molecule has 4 rings (SSSR count). The monoisotopic (exact) mass is 603 g/mol. The molecule has 236 valence electrons. The van der Waals surface area contributed by atoms with Crippen molar-refractivity contribution in [2.75, 3.05) is 26.7 Å². The average molecular weight is 604 g/mol. The molecular weight excluding hydrogens is 562 g/mol. The van der Waals surface area contributed by atoms with Crippen molar-refractivity contribution in [1.82, 2.24) is 15.5 Å². The van der Waals surface area contributed by atoms with Crippen LogP contribution >= 0.6 is 0 Å². The van der Waals surface area contributed by atoms with Crippen LogP contribution < -0.4 is 15.4 Å². The number of aliphatic hydroxyl groups excluding tert-OH is 2. The molecule has 0 saturated carbocycles. The number of piperidine rings is 1. The lowest BCUT2D eigenvalue weighted by molar-refractivity contribution is -0.201. The molecule has 1 aliphatic carbocycles. The molecule has 2 amide bonds. The highest BCUT2D eigenvalue weighted by Gasteiger charge is 2.71. The largest absolute Gasteiger partial charge is 0.504 e. The van der Waals surface area contributed by atoms with Gasteiger partial charge in [-0.3, -0.25) is 24.1 Å². The van der Waals surface area contributed by atoms with Gasteiger partial charge in [-0.1, -0.05) is 6.07 Å². The first kappa shape index (κ1) is 32.2. The van der Waals surface area contributed by atoms with E-state index in [9.17, 15) is 34.5 Å². The predicted molar refractivity (Wildman–Crippen MR) is 152 cm³/mol. The van der Waals surface area contributed by atoms with Crippen LogP contribution in [0.5, 0.6) is 11.5 Å². The van der Waals surface area contributed by atoms with Gasteiger partial charge in [-0.25, -0.2) is 0 Å². The summed E-state index contributed by atoms with van der Waals surface area (Å²) in [6.07, 6.45) is -1.37. The summed E-state index contributed by atoms with van der Waals surface area (Å²) in [5.41, 5.74) is -0.759. The highest BCUT2D eigenvalue weighted by Crippen LogP contribution is 2.63. The van der Waals surface area contributed by atoms with Gasteiger partial charge in [0.15, 0.2) is 17.6 Å². The maximum Gasteiger partial charge on any atom is 0.312 e. The number of nitrogens with zero attached hydrogens (tertiary/aromatic N) is 1. The Balaban J connectivity index is 1.70. The van der Waals surface area contributed by atoms with Crippen LogP contribution in [0.4, 0.5) is 0 Å². The van der Waals surface area contributed by atoms with E-state index in [0.717, 1.165) is 5.56 Å². The van der Waals surface area contributed by atoms with Crippen molar-refractivity contribution in [3.63, 3.8) is 0 Å². The number of aryl methyl sites for hydroxylation is 1. The van der Waals surface area contributed by atoms with Gasteiger partial charge in [0.05, 0.1) is 18.3 Å². The molecule has 0 radical (unpaired) electrons. The summed E-state index contributed by atoms with van der Waals surface area (Å²) in [5.74, 6) is -2.05. The topological polar surface area (TPSA) is 184 Å². The molecule has 13 heteroatoms. The minimum atomic E-state index is -1.22. The minimum absolute atomic E-state index is 0.0313. The standard InChI is InChI=1S/C30H41N3O10/c1-16-6-7-20(36)25-24(16)29-12-15-33(5)19(4)30(29,43-23(38)10-14-32-28(40)18(3)35)11-8-21(26(29)42-25)41-22(37)9-13-31-27(39)17(2)34/h6-8,17-19,26,34-36H,9-15H2,1-5H3,(H,31,39)(H,32,40)/t17-,18-,19+,26-,29-,30+/m0/s1. The number of benzene rings is 1. The van der Waals surface area contributed by atoms with Crippen molar-refractivity contribution >= 4 is 23.8 Å². The van der Waals surface area contributed by atoms with Crippen molar-refractivity contribution < 1.29 is 48.7 Å². The minimum Gasteiger partial charge on any atom is -0.504 e. The number of esters is 2. The number of aliphatic hydroxyl groups is 2. The summed E-state index contributed by atoms with van der Waals surface area (Å²) >= 11 is 0. The quantitative estimate of drug-likeness (QED) is 0.232. The van der Waals surface area contributed by atoms with Crippen LogP contribution in [-0.2, 0) is 34.1 Å². The predicted octanol–water partition coefficient (Wildman–Crippen LogP) is 0.310. The molecule has 1 saturated heterocycles. The number of nitrogens with one attached hydrogen (secondary N) is 2. The van der Waals surface area contributed by atoms with E-state index >= 15 is 0 Å². The van der Waals surface area contributed by atoms with E-state index in [0.29, 0.717) is 18.5 Å². The molecule has 1 fully saturated rings. The lowest BCUT2D eigenvalue weighted by atomic mass is 9.54. The van der Waals surface area contributed by atoms with Crippen LogP contribution in [0.15, 0.2) is 24.0 Å². The maximum atomic E-state index is 13.4. The van der Waals surface area contributed by atoms with E-state index in [1.165, 1.54) is 19.9 Å². The van der Waals surface area contributed by atoms with E-state index in [-0.39, 0.29) is 55.7 Å². The normalized spacial score (nSPS) is 27.3. The first-order valence-electron chi connectivity index (χ1n) is 14.5. The summed E-state index contributed by atoms with van der Waals surface area (Å²) in [6, 6.07) is 2.96. The highest BCUT2D eigenvalue weighted by molar-refractivity contribution is 5.81. The molecule has 0 bridgehead atoms. The Kier molecular flexibility index (Phi) is 9.38. The zero-order valence-electron chi connectivity index (χ0n) is 25.1. The summed E-state index contributed by atoms with van der Waals surface area (Å²) in [4.78, 5) is 51.8. The molecule has 1 aromatic rings. The number of aromatic hydroxyl groups is 1. The second-order valence-electron chi connectivity index (χ2n) is 11.6. The fourth-order valence-corrected chi connectivity index (χ4v) is 6.50. The lowest BCUT2D eigenvalue weighted by Crippen LogP contribution is -2.73. The Labute approximate surface area is 250 Å². The Morgan fingerprint density at radius 2 is 1.67 bits per heavy atom. The van der Waals surface area contributed by atoms with Gasteiger partial charge in [0.25, 0.3) is 0 Å². The third-order valence-electron chi connectivity index (χ3n) is 8.83. The smallest absolute Gasteiger partial charge is 0.312 e. The van der Waals surface area contributed by atoms with Crippen LogP contribution in [0.25, 0.3) is 0 Å². The molecule has 2 aliphatic heterocycles. The number of phenolic OH excluding ortho intramolecular Hbond substituents is 1. The van der Waals surface area contributed by atoms with Gasteiger partial charge in [0.1, 0.15) is 23.6 Å². The number of hydrogen-bond acceptors (Lipinski definition) is 11. The Morgan fingerprint density at radius 1 is 1.07 bits per heavy atom. The molecule has 1 spiro atoms. The van der Waals surface area contributed by atoms with E-state index in [1.54, 1.807) is 12.1 Å². The number of ether oxygens (including phenoxy) is 3. The zero-order valence-corrected chi connectivity index (χ0v) is 25.1. The van der Waals surface area contributed by atoms with Gasteiger partial charge >= 0.3 is 11.9 Å². The van der Waals surface area contributed by atoms with Crippen LogP contribution in [0.3, 0.4) is 0 Å². The van der Waals surface area contributed by atoms with Crippen LogP contribution in [0.2, 0.25) is 0 Å². The van der Waals surface area contributed by atoms with Crippen molar-refractivity contribution in [3.05, 3.63) is 35.1 Å². The van der Waals surface area contributed by atoms with Crippen molar-refractivity contribution in [2.24, 2.45) is 0 Å². The van der Waals surface area contributed by atoms with Crippen molar-refractivity contribution in [1.29, 1.82) is 0 Å². The number of fused-ring (bicyclic) bond motifs is 1. The number of carbonyl (C=O) groups is 4. The summed E-state index contributed by atoms with van der Waals surface area (Å²) in [5, 5.41) is 34.7. The highest BCUT2D eigenvalue weighted by atomic mass is 16.6. The molecule has 13 nitrogen and oxygen atoms in total. The fourth-order valence-electron chi connectivity index (χ4n) is 6.50. The first-order valence-corrected chi connectivity index (χ1v) is 14.5. The molecule has 2 heterocycles. The lowest BCUT2D eigenvalue weighted by Gasteiger charge is -2.59. The number of rotatable bonds is 10. The molecule has 1 aromatic carbocycles. The van der Waals surface area contributed by atoms with Crippen LogP contribution in [-0.4, -0.2) is 101 Å². The molecule has 0 aromatic heterocycles. The molecule has 43 heavy (non-hydrogen) atoms. The summed E-state index contributed by atoms with van der Waals surface area (Å²) in [6.45, 7) is 7.00. The van der Waals surface area contributed by atoms with Crippen molar-refractivity contribution in [2.45, 2.75) is 88.7 Å².